The van der Waals surface area contributed by atoms with Gasteiger partial charge in [-0.3, -0.25) is 14.7 Å². The molecule has 0 radical (unpaired) electrons. The monoisotopic (exact) mass is 357 g/mol. The second kappa shape index (κ2) is 6.86. The zero-order valence-corrected chi connectivity index (χ0v) is 15.2. The van der Waals surface area contributed by atoms with Crippen molar-refractivity contribution >= 4 is 17.2 Å². The van der Waals surface area contributed by atoms with Gasteiger partial charge in [0.05, 0.1) is 18.8 Å². The summed E-state index contributed by atoms with van der Waals surface area (Å²) in [6.45, 7) is 7.37. The Morgan fingerprint density at radius 1 is 1.52 bits per heavy atom. The second-order valence-electron chi connectivity index (χ2n) is 7.20. The van der Waals surface area contributed by atoms with Crippen molar-refractivity contribution in [2.75, 3.05) is 32.8 Å². The molecule has 1 N–H and O–H groups in total. The molecule has 4 heterocycles. The molecule has 0 aromatic carbocycles. The third kappa shape index (κ3) is 3.34. The van der Waals surface area contributed by atoms with E-state index in [1.165, 1.54) is 10.4 Å². The predicted molar refractivity (Wildman–Crippen MR) is 97.6 cm³/mol. The lowest BCUT2D eigenvalue weighted by Crippen LogP contribution is -2.43. The number of aromatic nitrogens is 1. The lowest BCUT2D eigenvalue weighted by Gasteiger charge is -2.27. The molecule has 0 spiro atoms. The number of nitrogens with one attached hydrogen (secondary N) is 1. The van der Waals surface area contributed by atoms with E-state index in [1.54, 1.807) is 24.5 Å². The number of amides is 1. The van der Waals surface area contributed by atoms with Crippen LogP contribution in [0.3, 0.4) is 0 Å². The molecule has 4 rings (SSSR count). The van der Waals surface area contributed by atoms with E-state index in [0.29, 0.717) is 18.0 Å². The minimum atomic E-state index is -0.0549. The summed E-state index contributed by atoms with van der Waals surface area (Å²) in [6.07, 6.45) is 3.29. The second-order valence-corrected chi connectivity index (χ2v) is 8.20. The topological polar surface area (TPSA) is 54.5 Å². The first-order valence-electron chi connectivity index (χ1n) is 8.68. The van der Waals surface area contributed by atoms with Crippen LogP contribution in [-0.4, -0.2) is 48.6 Å². The van der Waals surface area contributed by atoms with Crippen LogP contribution >= 0.6 is 11.3 Å². The summed E-state index contributed by atoms with van der Waals surface area (Å²) in [4.78, 5) is 20.3. The van der Waals surface area contributed by atoms with Crippen molar-refractivity contribution in [1.29, 1.82) is 0 Å². The van der Waals surface area contributed by atoms with Gasteiger partial charge in [-0.1, -0.05) is 0 Å². The molecule has 2 aliphatic rings. The van der Waals surface area contributed by atoms with Crippen molar-refractivity contribution in [3.8, 4) is 0 Å². The number of hydrogen-bond donors (Lipinski definition) is 1. The molecule has 5 nitrogen and oxygen atoms in total. The normalized spacial score (nSPS) is 25.9. The molecule has 1 amide bonds. The molecule has 2 fully saturated rings. The average molecular weight is 357 g/mol. The summed E-state index contributed by atoms with van der Waals surface area (Å²) in [7, 11) is 0. The van der Waals surface area contributed by atoms with Gasteiger partial charge in [0.1, 0.15) is 0 Å². The summed E-state index contributed by atoms with van der Waals surface area (Å²) in [6, 6.07) is 5.77. The Bertz CT molecular complexity index is 748. The molecule has 2 aliphatic heterocycles. The maximum absolute atomic E-state index is 12.4. The number of thiophene rings is 1. The molecule has 0 saturated carbocycles. The number of carbonyl (C=O) groups is 1. The van der Waals surface area contributed by atoms with Gasteiger partial charge in [-0.15, -0.1) is 11.3 Å². The van der Waals surface area contributed by atoms with Crippen LogP contribution in [0.25, 0.3) is 0 Å². The summed E-state index contributed by atoms with van der Waals surface area (Å²) in [5, 5.41) is 5.27. The van der Waals surface area contributed by atoms with Crippen LogP contribution in [0.15, 0.2) is 36.0 Å². The zero-order valence-electron chi connectivity index (χ0n) is 14.4. The molecule has 0 unspecified atom stereocenters. The molecule has 0 bridgehead atoms. The standard InChI is InChI=1S/C19H23N3O2S/c1-14-4-6-25-17(14)9-22-8-16-10-24-13-19(16,12-22)11-21-18(23)15-3-2-5-20-7-15/h2-7,16H,8-13H2,1H3,(H,21,23)/t16-,19+/m0/s1. The molecular weight excluding hydrogens is 334 g/mol. The van der Waals surface area contributed by atoms with Gasteiger partial charge in [-0.05, 0) is 36.1 Å². The van der Waals surface area contributed by atoms with Crippen LogP contribution in [0.2, 0.25) is 0 Å². The number of hydrogen-bond acceptors (Lipinski definition) is 5. The van der Waals surface area contributed by atoms with Gasteiger partial charge in [0.15, 0.2) is 0 Å². The molecule has 2 atom stereocenters. The summed E-state index contributed by atoms with van der Waals surface area (Å²) < 4.78 is 5.77. The van der Waals surface area contributed by atoms with E-state index in [2.05, 4.69) is 33.6 Å². The number of nitrogens with zero attached hydrogens (tertiary/aromatic N) is 2. The zero-order chi connectivity index (χ0) is 17.3. The van der Waals surface area contributed by atoms with Crippen molar-refractivity contribution in [2.45, 2.75) is 13.5 Å². The Kier molecular flexibility index (Phi) is 4.58. The molecule has 2 saturated heterocycles. The molecule has 2 aromatic rings. The molecule has 6 heteroatoms. The van der Waals surface area contributed by atoms with E-state index in [1.807, 2.05) is 11.3 Å². The van der Waals surface area contributed by atoms with Gasteiger partial charge < -0.3 is 10.1 Å². The minimum Gasteiger partial charge on any atom is -0.380 e. The SMILES string of the molecule is Cc1ccsc1CN1C[C@H]2COC[C@@]2(CNC(=O)c2cccnc2)C1. The van der Waals surface area contributed by atoms with Gasteiger partial charge in [0.25, 0.3) is 5.91 Å². The highest BCUT2D eigenvalue weighted by Crippen LogP contribution is 2.41. The van der Waals surface area contributed by atoms with Gasteiger partial charge >= 0.3 is 0 Å². The van der Waals surface area contributed by atoms with E-state index >= 15 is 0 Å². The molecule has 0 aliphatic carbocycles. The highest BCUT2D eigenvalue weighted by Gasteiger charge is 2.50. The Morgan fingerprint density at radius 3 is 3.20 bits per heavy atom. The Balaban J connectivity index is 1.41. The Labute approximate surface area is 152 Å². The minimum absolute atomic E-state index is 0.0308. The number of pyridine rings is 1. The first-order valence-corrected chi connectivity index (χ1v) is 9.55. The van der Waals surface area contributed by atoms with Crippen molar-refractivity contribution in [3.63, 3.8) is 0 Å². The first-order chi connectivity index (χ1) is 12.2. The van der Waals surface area contributed by atoms with E-state index in [4.69, 9.17) is 4.74 Å². The fourth-order valence-corrected chi connectivity index (χ4v) is 4.89. The molecule has 2 aromatic heterocycles. The van der Waals surface area contributed by atoms with Gasteiger partial charge in [-0.2, -0.15) is 0 Å². The fraction of sp³-hybridized carbons (Fsp3) is 0.474. The van der Waals surface area contributed by atoms with Gasteiger partial charge in [-0.25, -0.2) is 0 Å². The summed E-state index contributed by atoms with van der Waals surface area (Å²) in [5.41, 5.74) is 2.01. The average Bonchev–Trinajstić information content (AvgIpc) is 3.29. The lowest BCUT2D eigenvalue weighted by atomic mass is 9.81. The third-order valence-electron chi connectivity index (χ3n) is 5.45. The van der Waals surface area contributed by atoms with Crippen LogP contribution in [0.4, 0.5) is 0 Å². The van der Waals surface area contributed by atoms with E-state index in [9.17, 15) is 4.79 Å². The number of likely N-dealkylation sites (tertiary alicyclic amines) is 1. The van der Waals surface area contributed by atoms with Crippen LogP contribution in [0.1, 0.15) is 20.8 Å². The number of ether oxygens (including phenoxy) is 1. The maximum atomic E-state index is 12.4. The lowest BCUT2D eigenvalue weighted by molar-refractivity contribution is 0.0904. The van der Waals surface area contributed by atoms with Crippen LogP contribution in [0, 0.1) is 18.3 Å². The van der Waals surface area contributed by atoms with E-state index in [-0.39, 0.29) is 11.3 Å². The van der Waals surface area contributed by atoms with E-state index < -0.39 is 0 Å². The highest BCUT2D eigenvalue weighted by atomic mass is 32.1. The van der Waals surface area contributed by atoms with Crippen molar-refractivity contribution in [1.82, 2.24) is 15.2 Å². The molecule has 25 heavy (non-hydrogen) atoms. The number of rotatable bonds is 5. The number of fused-ring (bicyclic) bond motifs is 1. The van der Waals surface area contributed by atoms with Crippen molar-refractivity contribution in [3.05, 3.63) is 52.0 Å². The molecule has 132 valence electrons. The number of carbonyl (C=O) groups excluding carboxylic acids is 1. The largest absolute Gasteiger partial charge is 0.380 e. The van der Waals surface area contributed by atoms with Gasteiger partial charge in [0, 0.05) is 54.8 Å². The smallest absolute Gasteiger partial charge is 0.252 e. The Morgan fingerprint density at radius 2 is 2.44 bits per heavy atom. The summed E-state index contributed by atoms with van der Waals surface area (Å²) in [5.74, 6) is 0.433. The predicted octanol–water partition coefficient (Wildman–Crippen LogP) is 2.33. The Hall–Kier alpha value is -1.76. The van der Waals surface area contributed by atoms with Crippen LogP contribution in [0.5, 0.6) is 0 Å². The van der Waals surface area contributed by atoms with Crippen molar-refractivity contribution in [2.24, 2.45) is 11.3 Å². The molecular formula is C19H23N3O2S. The maximum Gasteiger partial charge on any atom is 0.252 e. The van der Waals surface area contributed by atoms with Crippen LogP contribution < -0.4 is 5.32 Å². The quantitative estimate of drug-likeness (QED) is 0.892. The number of aryl methyl sites for hydroxylation is 1. The van der Waals surface area contributed by atoms with Crippen molar-refractivity contribution < 1.29 is 9.53 Å². The third-order valence-corrected chi connectivity index (χ3v) is 6.46. The summed E-state index contributed by atoms with van der Waals surface area (Å²) >= 11 is 1.83. The van der Waals surface area contributed by atoms with Gasteiger partial charge in [0.2, 0.25) is 0 Å². The first kappa shape index (κ1) is 16.7. The fourth-order valence-electron chi connectivity index (χ4n) is 3.94. The van der Waals surface area contributed by atoms with E-state index in [0.717, 1.165) is 32.8 Å². The van der Waals surface area contributed by atoms with Crippen LogP contribution in [-0.2, 0) is 11.3 Å². The highest BCUT2D eigenvalue weighted by molar-refractivity contribution is 7.10.